The van der Waals surface area contributed by atoms with Gasteiger partial charge < -0.3 is 10.1 Å². The molecular formula is C17H17BrN2O2. The lowest BCUT2D eigenvalue weighted by atomic mass is 10.2. The predicted octanol–water partition coefficient (Wildman–Crippen LogP) is 4.42. The van der Waals surface area contributed by atoms with Crippen LogP contribution < -0.4 is 10.1 Å². The van der Waals surface area contributed by atoms with Crippen molar-refractivity contribution in [3.05, 3.63) is 52.8 Å². The number of amides is 1. The van der Waals surface area contributed by atoms with E-state index in [4.69, 9.17) is 4.74 Å². The van der Waals surface area contributed by atoms with Gasteiger partial charge >= 0.3 is 0 Å². The Kier molecular flexibility index (Phi) is 4.73. The summed E-state index contributed by atoms with van der Waals surface area (Å²) in [7, 11) is 0. The number of para-hydroxylation sites is 2. The number of hydrogen-bond donors (Lipinski definition) is 1. The minimum absolute atomic E-state index is 0.198. The molecule has 1 aliphatic rings. The molecule has 114 valence electrons. The Bertz CT molecular complexity index is 669. The summed E-state index contributed by atoms with van der Waals surface area (Å²) in [6, 6.07) is 9.29. The molecular weight excluding hydrogens is 344 g/mol. The fraction of sp³-hybridized carbons (Fsp3) is 0.294. The summed E-state index contributed by atoms with van der Waals surface area (Å²) in [6.45, 7) is 0. The molecule has 0 radical (unpaired) electrons. The van der Waals surface area contributed by atoms with Crippen molar-refractivity contribution in [1.82, 2.24) is 4.98 Å². The highest BCUT2D eigenvalue weighted by atomic mass is 79.9. The number of carbonyl (C=O) groups excluding carboxylic acids is 1. The van der Waals surface area contributed by atoms with Gasteiger partial charge in [0.05, 0.1) is 17.4 Å². The van der Waals surface area contributed by atoms with Crippen LogP contribution in [0.15, 0.2) is 47.2 Å². The fourth-order valence-corrected chi connectivity index (χ4v) is 2.95. The Labute approximate surface area is 138 Å². The molecule has 2 aromatic rings. The van der Waals surface area contributed by atoms with Crippen molar-refractivity contribution in [3.63, 3.8) is 0 Å². The van der Waals surface area contributed by atoms with Gasteiger partial charge in [0.2, 0.25) is 0 Å². The minimum atomic E-state index is -0.198. The van der Waals surface area contributed by atoms with E-state index >= 15 is 0 Å². The van der Waals surface area contributed by atoms with E-state index in [0.717, 1.165) is 23.1 Å². The van der Waals surface area contributed by atoms with Gasteiger partial charge in [-0.3, -0.25) is 9.78 Å². The zero-order chi connectivity index (χ0) is 15.4. The van der Waals surface area contributed by atoms with Crippen molar-refractivity contribution < 1.29 is 9.53 Å². The minimum Gasteiger partial charge on any atom is -0.488 e. The molecule has 1 N–H and O–H groups in total. The van der Waals surface area contributed by atoms with Crippen LogP contribution >= 0.6 is 15.9 Å². The molecule has 0 unspecified atom stereocenters. The van der Waals surface area contributed by atoms with Crippen LogP contribution in [0.5, 0.6) is 5.75 Å². The number of aromatic nitrogens is 1. The predicted molar refractivity (Wildman–Crippen MR) is 89.2 cm³/mol. The van der Waals surface area contributed by atoms with Gasteiger partial charge in [-0.25, -0.2) is 0 Å². The molecule has 0 spiro atoms. The number of halogens is 1. The molecule has 0 saturated heterocycles. The number of nitrogens with one attached hydrogen (secondary N) is 1. The second kappa shape index (κ2) is 6.92. The van der Waals surface area contributed by atoms with Crippen LogP contribution in [0.3, 0.4) is 0 Å². The van der Waals surface area contributed by atoms with Gasteiger partial charge in [0.25, 0.3) is 5.91 Å². The first-order chi connectivity index (χ1) is 10.7. The summed E-state index contributed by atoms with van der Waals surface area (Å²) in [6.07, 6.45) is 8.03. The van der Waals surface area contributed by atoms with Crippen LogP contribution in [0.2, 0.25) is 0 Å². The Morgan fingerprint density at radius 1 is 1.23 bits per heavy atom. The van der Waals surface area contributed by atoms with E-state index in [1.54, 1.807) is 18.5 Å². The van der Waals surface area contributed by atoms with Crippen LogP contribution in [0.1, 0.15) is 36.0 Å². The van der Waals surface area contributed by atoms with Crippen LogP contribution in [0, 0.1) is 0 Å². The highest BCUT2D eigenvalue weighted by Gasteiger charge is 2.18. The van der Waals surface area contributed by atoms with E-state index in [0.29, 0.717) is 11.3 Å². The molecule has 5 heteroatoms. The van der Waals surface area contributed by atoms with Crippen LogP contribution in [-0.4, -0.2) is 17.0 Å². The van der Waals surface area contributed by atoms with Gasteiger partial charge in [-0.2, -0.15) is 0 Å². The molecule has 22 heavy (non-hydrogen) atoms. The number of carbonyl (C=O) groups is 1. The summed E-state index contributed by atoms with van der Waals surface area (Å²) in [5.41, 5.74) is 1.20. The number of nitrogens with zero attached hydrogens (tertiary/aromatic N) is 1. The molecule has 1 aromatic heterocycles. The van der Waals surface area contributed by atoms with Gasteiger partial charge in [-0.15, -0.1) is 0 Å². The van der Waals surface area contributed by atoms with Gasteiger partial charge in [0.1, 0.15) is 5.75 Å². The van der Waals surface area contributed by atoms with Crippen molar-refractivity contribution in [2.24, 2.45) is 0 Å². The number of hydrogen-bond acceptors (Lipinski definition) is 3. The molecule has 1 heterocycles. The smallest absolute Gasteiger partial charge is 0.257 e. The molecule has 1 fully saturated rings. The lowest BCUT2D eigenvalue weighted by Gasteiger charge is -2.16. The number of benzene rings is 1. The van der Waals surface area contributed by atoms with Crippen LogP contribution in [0.4, 0.5) is 5.69 Å². The lowest BCUT2D eigenvalue weighted by molar-refractivity contribution is 0.102. The Balaban J connectivity index is 1.75. The number of pyridine rings is 1. The second-order valence-corrected chi connectivity index (χ2v) is 6.28. The SMILES string of the molecule is O=C(Nc1ccccc1OC1CCCC1)c1cncc(Br)c1. The first-order valence-corrected chi connectivity index (χ1v) is 8.19. The fourth-order valence-electron chi connectivity index (χ4n) is 2.59. The molecule has 0 atom stereocenters. The molecule has 0 aliphatic heterocycles. The van der Waals surface area contributed by atoms with Gasteiger partial charge in [0, 0.05) is 16.9 Å². The first kappa shape index (κ1) is 15.0. The Morgan fingerprint density at radius 3 is 2.77 bits per heavy atom. The van der Waals surface area contributed by atoms with E-state index in [1.165, 1.54) is 12.8 Å². The molecule has 1 saturated carbocycles. The van der Waals surface area contributed by atoms with Crippen molar-refractivity contribution in [3.8, 4) is 5.75 Å². The van der Waals surface area contributed by atoms with Gasteiger partial charge in [-0.05, 0) is 59.8 Å². The van der Waals surface area contributed by atoms with Gasteiger partial charge in [-0.1, -0.05) is 12.1 Å². The molecule has 0 bridgehead atoms. The third kappa shape index (κ3) is 3.65. The largest absolute Gasteiger partial charge is 0.488 e. The average Bonchev–Trinajstić information content (AvgIpc) is 3.02. The summed E-state index contributed by atoms with van der Waals surface area (Å²) >= 11 is 3.32. The van der Waals surface area contributed by atoms with Crippen LogP contribution in [0.25, 0.3) is 0 Å². The Hall–Kier alpha value is -1.88. The van der Waals surface area contributed by atoms with Crippen molar-refractivity contribution in [1.29, 1.82) is 0 Å². The summed E-state index contributed by atoms with van der Waals surface area (Å²) in [5.74, 6) is 0.530. The maximum atomic E-state index is 12.3. The third-order valence-electron chi connectivity index (χ3n) is 3.70. The standard InChI is InChI=1S/C17H17BrN2O2/c18-13-9-12(10-19-11-13)17(21)20-15-7-3-4-8-16(15)22-14-5-1-2-6-14/h3-4,7-11,14H,1-2,5-6H2,(H,20,21). The van der Waals surface area contributed by atoms with E-state index in [9.17, 15) is 4.79 Å². The molecule has 1 aliphatic carbocycles. The van der Waals surface area contributed by atoms with Crippen molar-refractivity contribution in [2.75, 3.05) is 5.32 Å². The average molecular weight is 361 g/mol. The zero-order valence-corrected chi connectivity index (χ0v) is 13.7. The van der Waals surface area contributed by atoms with E-state index in [-0.39, 0.29) is 12.0 Å². The highest BCUT2D eigenvalue weighted by molar-refractivity contribution is 9.10. The topological polar surface area (TPSA) is 51.2 Å². The maximum absolute atomic E-state index is 12.3. The number of anilines is 1. The van der Waals surface area contributed by atoms with Crippen molar-refractivity contribution >= 4 is 27.5 Å². The summed E-state index contributed by atoms with van der Waals surface area (Å²) in [4.78, 5) is 16.3. The normalized spacial score (nSPS) is 14.8. The van der Waals surface area contributed by atoms with E-state index in [2.05, 4.69) is 26.2 Å². The monoisotopic (exact) mass is 360 g/mol. The number of ether oxygens (including phenoxy) is 1. The molecule has 4 nitrogen and oxygen atoms in total. The zero-order valence-electron chi connectivity index (χ0n) is 12.1. The lowest BCUT2D eigenvalue weighted by Crippen LogP contribution is -2.16. The number of rotatable bonds is 4. The van der Waals surface area contributed by atoms with E-state index in [1.807, 2.05) is 24.3 Å². The first-order valence-electron chi connectivity index (χ1n) is 7.40. The quantitative estimate of drug-likeness (QED) is 0.877. The molecule has 1 aromatic carbocycles. The van der Waals surface area contributed by atoms with Crippen molar-refractivity contribution in [2.45, 2.75) is 31.8 Å². The van der Waals surface area contributed by atoms with Gasteiger partial charge in [0.15, 0.2) is 0 Å². The molecule has 3 rings (SSSR count). The third-order valence-corrected chi connectivity index (χ3v) is 4.13. The maximum Gasteiger partial charge on any atom is 0.257 e. The second-order valence-electron chi connectivity index (χ2n) is 5.37. The van der Waals surface area contributed by atoms with E-state index < -0.39 is 0 Å². The Morgan fingerprint density at radius 2 is 2.00 bits per heavy atom. The summed E-state index contributed by atoms with van der Waals surface area (Å²) in [5, 5.41) is 2.90. The molecule has 1 amide bonds. The summed E-state index contributed by atoms with van der Waals surface area (Å²) < 4.78 is 6.80. The van der Waals surface area contributed by atoms with Crippen LogP contribution in [-0.2, 0) is 0 Å². The highest BCUT2D eigenvalue weighted by Crippen LogP contribution is 2.30.